The second-order valence-corrected chi connectivity index (χ2v) is 2.28. The SMILES string of the molecule is C=C1CCC(F)(F)C1.[U]. The first-order valence-corrected chi connectivity index (χ1v) is 2.65. The van der Waals surface area contributed by atoms with Gasteiger partial charge in [-0.3, -0.25) is 0 Å². The molecular formula is C6H8F2U. The predicted molar refractivity (Wildman–Crippen MR) is 27.9 cm³/mol. The smallest absolute Gasteiger partial charge is 0.207 e. The van der Waals surface area contributed by atoms with Gasteiger partial charge in [0.05, 0.1) is 0 Å². The van der Waals surface area contributed by atoms with Crippen molar-refractivity contribution in [2.24, 2.45) is 0 Å². The van der Waals surface area contributed by atoms with Gasteiger partial charge in [0, 0.05) is 44.0 Å². The quantitative estimate of drug-likeness (QED) is 0.585. The van der Waals surface area contributed by atoms with Crippen molar-refractivity contribution < 1.29 is 39.9 Å². The van der Waals surface area contributed by atoms with E-state index in [1.807, 2.05) is 0 Å². The zero-order chi connectivity index (χ0) is 6.20. The second kappa shape index (κ2) is 3.16. The number of hydrogen-bond donors (Lipinski definition) is 0. The molecule has 50 valence electrons. The molecule has 0 atom stereocenters. The molecule has 1 rings (SSSR count). The number of hydrogen-bond acceptors (Lipinski definition) is 0. The van der Waals surface area contributed by atoms with E-state index in [2.05, 4.69) is 6.58 Å². The first-order valence-electron chi connectivity index (χ1n) is 2.65. The van der Waals surface area contributed by atoms with Crippen molar-refractivity contribution in [2.45, 2.75) is 25.2 Å². The van der Waals surface area contributed by atoms with E-state index in [0.717, 1.165) is 0 Å². The molecule has 1 saturated carbocycles. The normalized spacial score (nSPS) is 23.6. The van der Waals surface area contributed by atoms with Gasteiger partial charge in [0.2, 0.25) is 0 Å². The van der Waals surface area contributed by atoms with Gasteiger partial charge in [0.25, 0.3) is 5.92 Å². The topological polar surface area (TPSA) is 0 Å². The fourth-order valence-electron chi connectivity index (χ4n) is 0.902. The Kier molecular flexibility index (Phi) is 3.39. The summed E-state index contributed by atoms with van der Waals surface area (Å²) >= 11 is 0. The maximum absolute atomic E-state index is 12.1. The Hall–Kier alpha value is 0.652. The van der Waals surface area contributed by atoms with Crippen LogP contribution < -0.4 is 0 Å². The zero-order valence-corrected chi connectivity index (χ0v) is 9.25. The molecule has 0 aliphatic heterocycles. The van der Waals surface area contributed by atoms with E-state index in [0.29, 0.717) is 12.0 Å². The standard InChI is InChI=1S/C6H8F2.U/c1-5-2-3-6(7,8)4-5;/h1-4H2;. The number of halogens is 2. The van der Waals surface area contributed by atoms with Crippen LogP contribution in [-0.4, -0.2) is 5.92 Å². The van der Waals surface area contributed by atoms with Crippen LogP contribution in [0.1, 0.15) is 19.3 Å². The van der Waals surface area contributed by atoms with Gasteiger partial charge in [-0.15, -0.1) is 0 Å². The summed E-state index contributed by atoms with van der Waals surface area (Å²) in [6.07, 6.45) is 0.422. The molecule has 0 saturated heterocycles. The Morgan fingerprint density at radius 2 is 2.00 bits per heavy atom. The van der Waals surface area contributed by atoms with Crippen LogP contribution in [0.4, 0.5) is 8.78 Å². The number of allylic oxidation sites excluding steroid dienone is 1. The van der Waals surface area contributed by atoms with Crippen LogP contribution in [0.3, 0.4) is 0 Å². The van der Waals surface area contributed by atoms with Crippen LogP contribution in [0.5, 0.6) is 0 Å². The van der Waals surface area contributed by atoms with E-state index in [4.69, 9.17) is 0 Å². The summed E-state index contributed by atoms with van der Waals surface area (Å²) in [6, 6.07) is 0. The molecule has 0 unspecified atom stereocenters. The fourth-order valence-corrected chi connectivity index (χ4v) is 0.902. The third-order valence-corrected chi connectivity index (χ3v) is 1.35. The van der Waals surface area contributed by atoms with Crippen molar-refractivity contribution in [1.82, 2.24) is 0 Å². The van der Waals surface area contributed by atoms with Gasteiger partial charge in [-0.05, 0) is 6.42 Å². The third kappa shape index (κ3) is 2.82. The molecule has 0 radical (unpaired) electrons. The molecule has 0 heterocycles. The molecule has 9 heavy (non-hydrogen) atoms. The van der Waals surface area contributed by atoms with Crippen LogP contribution in [0, 0.1) is 31.1 Å². The van der Waals surface area contributed by atoms with Crippen LogP contribution in [0.2, 0.25) is 0 Å². The monoisotopic (exact) mass is 356 g/mol. The molecule has 0 aromatic heterocycles. The Balaban J connectivity index is 0.000000640. The van der Waals surface area contributed by atoms with Crippen LogP contribution >= 0.6 is 0 Å². The Morgan fingerprint density at radius 1 is 1.44 bits per heavy atom. The molecule has 0 nitrogen and oxygen atoms in total. The average Bonchev–Trinajstić information content (AvgIpc) is 1.82. The largest absolute Gasteiger partial charge is 0.252 e. The van der Waals surface area contributed by atoms with E-state index >= 15 is 0 Å². The van der Waals surface area contributed by atoms with Crippen molar-refractivity contribution in [3.05, 3.63) is 12.2 Å². The molecule has 0 N–H and O–H groups in total. The van der Waals surface area contributed by atoms with Crippen molar-refractivity contribution in [3.63, 3.8) is 0 Å². The summed E-state index contributed by atoms with van der Waals surface area (Å²) in [6.45, 7) is 3.47. The van der Waals surface area contributed by atoms with Gasteiger partial charge < -0.3 is 0 Å². The van der Waals surface area contributed by atoms with E-state index < -0.39 is 5.92 Å². The molecule has 1 aliphatic carbocycles. The predicted octanol–water partition coefficient (Wildman–Crippen LogP) is 2.36. The second-order valence-electron chi connectivity index (χ2n) is 2.28. The van der Waals surface area contributed by atoms with Gasteiger partial charge >= 0.3 is 0 Å². The molecule has 0 aromatic carbocycles. The molecule has 3 heteroatoms. The van der Waals surface area contributed by atoms with Crippen LogP contribution in [0.25, 0.3) is 0 Å². The molecule has 1 aliphatic rings. The van der Waals surface area contributed by atoms with E-state index in [1.54, 1.807) is 0 Å². The van der Waals surface area contributed by atoms with Crippen molar-refractivity contribution >= 4 is 0 Å². The molecule has 1 fully saturated rings. The van der Waals surface area contributed by atoms with Crippen molar-refractivity contribution in [3.8, 4) is 0 Å². The minimum atomic E-state index is -2.43. The molecule has 0 bridgehead atoms. The van der Waals surface area contributed by atoms with Gasteiger partial charge in [-0.1, -0.05) is 12.2 Å². The summed E-state index contributed by atoms with van der Waals surface area (Å²) in [5.74, 6) is -2.43. The maximum atomic E-state index is 12.1. The maximum Gasteiger partial charge on any atom is 0.252 e. The minimum absolute atomic E-state index is 0. The van der Waals surface area contributed by atoms with Gasteiger partial charge in [-0.25, -0.2) is 8.78 Å². The Bertz CT molecular complexity index is 120. The zero-order valence-electron chi connectivity index (χ0n) is 5.08. The van der Waals surface area contributed by atoms with Crippen molar-refractivity contribution in [1.29, 1.82) is 0 Å². The molecular weight excluding hydrogens is 348 g/mol. The summed E-state index contributed by atoms with van der Waals surface area (Å²) in [5.41, 5.74) is 0.690. The van der Waals surface area contributed by atoms with Crippen LogP contribution in [-0.2, 0) is 0 Å². The van der Waals surface area contributed by atoms with Crippen LogP contribution in [0.15, 0.2) is 12.2 Å². The summed E-state index contributed by atoms with van der Waals surface area (Å²) in [4.78, 5) is 0. The first kappa shape index (κ1) is 9.65. The molecule has 0 spiro atoms. The summed E-state index contributed by atoms with van der Waals surface area (Å²) < 4.78 is 24.3. The van der Waals surface area contributed by atoms with Gasteiger partial charge in [0.15, 0.2) is 0 Å². The van der Waals surface area contributed by atoms with E-state index in [1.165, 1.54) is 0 Å². The van der Waals surface area contributed by atoms with Gasteiger partial charge in [0.1, 0.15) is 0 Å². The first-order chi connectivity index (χ1) is 3.60. The van der Waals surface area contributed by atoms with Gasteiger partial charge in [-0.2, -0.15) is 0 Å². The Morgan fingerprint density at radius 3 is 2.11 bits per heavy atom. The average molecular weight is 356 g/mol. The summed E-state index contributed by atoms with van der Waals surface area (Å²) in [5, 5.41) is 0. The third-order valence-electron chi connectivity index (χ3n) is 1.35. The minimum Gasteiger partial charge on any atom is -0.207 e. The van der Waals surface area contributed by atoms with Crippen molar-refractivity contribution in [2.75, 3.05) is 0 Å². The Labute approximate surface area is 77.1 Å². The van der Waals surface area contributed by atoms with E-state index in [-0.39, 0.29) is 44.0 Å². The van der Waals surface area contributed by atoms with E-state index in [9.17, 15) is 8.78 Å². The molecule has 0 amide bonds. The number of rotatable bonds is 0. The summed E-state index contributed by atoms with van der Waals surface area (Å²) in [7, 11) is 0. The molecule has 0 aromatic rings. The fraction of sp³-hybridized carbons (Fsp3) is 0.667. The number of alkyl halides is 2.